The van der Waals surface area contributed by atoms with Gasteiger partial charge < -0.3 is 14.2 Å². The SMILES string of the molecule is CC/C=C\C/C=C\C/C=C\CCCCC(=O)OC(COC(=O)CCCCCCCCC/C=C\C/C=C\CC)COC(=O)CCCCCCCCCCC. The maximum Gasteiger partial charge on any atom is 0.306 e. The van der Waals surface area contributed by atoms with E-state index in [1.807, 2.05) is 0 Å². The average molecular weight is 741 g/mol. The van der Waals surface area contributed by atoms with Gasteiger partial charge in [0.2, 0.25) is 0 Å². The molecule has 0 amide bonds. The smallest absolute Gasteiger partial charge is 0.306 e. The van der Waals surface area contributed by atoms with Gasteiger partial charge in [0, 0.05) is 19.3 Å². The van der Waals surface area contributed by atoms with Crippen molar-refractivity contribution in [3.63, 3.8) is 0 Å². The van der Waals surface area contributed by atoms with Gasteiger partial charge >= 0.3 is 17.9 Å². The molecule has 0 aliphatic heterocycles. The molecule has 0 fully saturated rings. The summed E-state index contributed by atoms with van der Waals surface area (Å²) in [6.07, 6.45) is 49.2. The summed E-state index contributed by atoms with van der Waals surface area (Å²) in [5.74, 6) is -0.949. The third kappa shape index (κ3) is 40.1. The first-order chi connectivity index (χ1) is 26.0. The lowest BCUT2D eigenvalue weighted by Crippen LogP contribution is -2.30. The topological polar surface area (TPSA) is 78.9 Å². The fourth-order valence-corrected chi connectivity index (χ4v) is 5.79. The minimum Gasteiger partial charge on any atom is -0.462 e. The Labute approximate surface area is 326 Å². The zero-order valence-corrected chi connectivity index (χ0v) is 34.5. The zero-order valence-electron chi connectivity index (χ0n) is 34.5. The molecule has 0 saturated carbocycles. The summed E-state index contributed by atoms with van der Waals surface area (Å²) in [4.78, 5) is 37.6. The third-order valence-electron chi connectivity index (χ3n) is 9.02. The molecule has 0 saturated heterocycles. The summed E-state index contributed by atoms with van der Waals surface area (Å²) >= 11 is 0. The largest absolute Gasteiger partial charge is 0.462 e. The maximum atomic E-state index is 12.7. The van der Waals surface area contributed by atoms with Gasteiger partial charge in [-0.05, 0) is 77.0 Å². The van der Waals surface area contributed by atoms with Crippen LogP contribution < -0.4 is 0 Å². The van der Waals surface area contributed by atoms with Crippen molar-refractivity contribution in [1.82, 2.24) is 0 Å². The van der Waals surface area contributed by atoms with E-state index in [0.717, 1.165) is 89.9 Å². The van der Waals surface area contributed by atoms with E-state index in [1.165, 1.54) is 64.2 Å². The van der Waals surface area contributed by atoms with E-state index in [1.54, 1.807) is 0 Å². The summed E-state index contributed by atoms with van der Waals surface area (Å²) < 4.78 is 16.6. The molecule has 1 atom stereocenters. The molecule has 6 nitrogen and oxygen atoms in total. The van der Waals surface area contributed by atoms with Gasteiger partial charge in [0.25, 0.3) is 0 Å². The molecule has 0 radical (unpaired) electrons. The van der Waals surface area contributed by atoms with Crippen LogP contribution in [0.5, 0.6) is 0 Å². The van der Waals surface area contributed by atoms with Crippen LogP contribution in [0.25, 0.3) is 0 Å². The Morgan fingerprint density at radius 2 is 0.736 bits per heavy atom. The molecule has 0 aromatic rings. The van der Waals surface area contributed by atoms with Crippen LogP contribution in [0.1, 0.15) is 201 Å². The maximum absolute atomic E-state index is 12.7. The van der Waals surface area contributed by atoms with E-state index in [0.29, 0.717) is 19.3 Å². The second kappa shape index (κ2) is 41.9. The van der Waals surface area contributed by atoms with Crippen molar-refractivity contribution >= 4 is 17.9 Å². The molecule has 0 aliphatic rings. The zero-order chi connectivity index (χ0) is 38.7. The van der Waals surface area contributed by atoms with Crippen LogP contribution in [0.4, 0.5) is 0 Å². The second-order valence-electron chi connectivity index (χ2n) is 14.2. The fraction of sp³-hybridized carbons (Fsp3) is 0.723. The van der Waals surface area contributed by atoms with Crippen molar-refractivity contribution in [3.05, 3.63) is 60.8 Å². The number of ether oxygens (including phenoxy) is 3. The molecule has 0 aliphatic carbocycles. The molecule has 0 aromatic carbocycles. The second-order valence-corrected chi connectivity index (χ2v) is 14.2. The minimum atomic E-state index is -0.792. The van der Waals surface area contributed by atoms with Gasteiger partial charge in [-0.2, -0.15) is 0 Å². The molecule has 1 unspecified atom stereocenters. The van der Waals surface area contributed by atoms with Gasteiger partial charge in [-0.25, -0.2) is 0 Å². The lowest BCUT2D eigenvalue weighted by Gasteiger charge is -2.18. The lowest BCUT2D eigenvalue weighted by atomic mass is 10.1. The van der Waals surface area contributed by atoms with E-state index in [4.69, 9.17) is 14.2 Å². The summed E-state index contributed by atoms with van der Waals surface area (Å²) in [6, 6.07) is 0. The molecule has 6 heteroatoms. The van der Waals surface area contributed by atoms with Crippen molar-refractivity contribution in [3.8, 4) is 0 Å². The number of carbonyl (C=O) groups excluding carboxylic acids is 3. The van der Waals surface area contributed by atoms with Crippen LogP contribution >= 0.6 is 0 Å². The molecule has 0 heterocycles. The van der Waals surface area contributed by atoms with E-state index in [2.05, 4.69) is 81.5 Å². The van der Waals surface area contributed by atoms with Crippen LogP contribution in [0.3, 0.4) is 0 Å². The highest BCUT2D eigenvalue weighted by Crippen LogP contribution is 2.13. The van der Waals surface area contributed by atoms with Gasteiger partial charge in [0.1, 0.15) is 13.2 Å². The molecule has 304 valence electrons. The fourth-order valence-electron chi connectivity index (χ4n) is 5.79. The monoisotopic (exact) mass is 741 g/mol. The van der Waals surface area contributed by atoms with Crippen molar-refractivity contribution in [2.75, 3.05) is 13.2 Å². The van der Waals surface area contributed by atoms with Gasteiger partial charge in [0.05, 0.1) is 0 Å². The first-order valence-electron chi connectivity index (χ1n) is 21.8. The molecule has 0 bridgehead atoms. The number of rotatable bonds is 38. The number of hydrogen-bond donors (Lipinski definition) is 0. The molecule has 0 N–H and O–H groups in total. The van der Waals surface area contributed by atoms with Gasteiger partial charge in [-0.15, -0.1) is 0 Å². The van der Waals surface area contributed by atoms with Crippen molar-refractivity contribution in [2.45, 2.75) is 207 Å². The van der Waals surface area contributed by atoms with Crippen LogP contribution in [0.15, 0.2) is 60.8 Å². The predicted molar refractivity (Wildman–Crippen MR) is 224 cm³/mol. The highest BCUT2D eigenvalue weighted by atomic mass is 16.6. The van der Waals surface area contributed by atoms with Gasteiger partial charge in [-0.1, -0.05) is 165 Å². The quantitative estimate of drug-likeness (QED) is 0.0271. The van der Waals surface area contributed by atoms with Crippen molar-refractivity contribution in [1.29, 1.82) is 0 Å². The lowest BCUT2D eigenvalue weighted by molar-refractivity contribution is -0.167. The predicted octanol–water partition coefficient (Wildman–Crippen LogP) is 13.7. The normalized spacial score (nSPS) is 12.6. The Morgan fingerprint density at radius 1 is 0.396 bits per heavy atom. The molecule has 0 aromatic heterocycles. The number of allylic oxidation sites excluding steroid dienone is 10. The summed E-state index contributed by atoms with van der Waals surface area (Å²) in [6.45, 7) is 6.33. The third-order valence-corrected chi connectivity index (χ3v) is 9.02. The highest BCUT2D eigenvalue weighted by Gasteiger charge is 2.19. The molecule has 0 rings (SSSR count). The molecule has 53 heavy (non-hydrogen) atoms. The highest BCUT2D eigenvalue weighted by molar-refractivity contribution is 5.71. The van der Waals surface area contributed by atoms with Crippen LogP contribution in [0.2, 0.25) is 0 Å². The number of unbranched alkanes of at least 4 members (excludes halogenated alkanes) is 17. The number of esters is 3. The van der Waals surface area contributed by atoms with E-state index < -0.39 is 6.10 Å². The van der Waals surface area contributed by atoms with Gasteiger partial charge in [-0.3, -0.25) is 14.4 Å². The standard InChI is InChI=1S/C47H80O6/c1-4-7-10-13-16-19-21-23-24-26-28-31-34-37-40-46(49)52-43-44(42-51-45(48)39-36-33-30-27-18-15-12-9-6-3)53-47(50)41-38-35-32-29-25-22-20-17-14-11-8-5-2/h7-8,10-11,16-17,19-20,25,29,44H,4-6,9,12-15,18,21-24,26-28,30-43H2,1-3H3/b10-7-,11-8-,19-16-,20-17-,29-25-. The van der Waals surface area contributed by atoms with Crippen LogP contribution in [-0.2, 0) is 28.6 Å². The number of carbonyl (C=O) groups is 3. The van der Waals surface area contributed by atoms with Crippen LogP contribution in [0, 0.1) is 0 Å². The van der Waals surface area contributed by atoms with Crippen molar-refractivity contribution < 1.29 is 28.6 Å². The Balaban J connectivity index is 4.42. The summed E-state index contributed by atoms with van der Waals surface area (Å²) in [5, 5.41) is 0. The molecular weight excluding hydrogens is 661 g/mol. The molecular formula is C47H80O6. The summed E-state index contributed by atoms with van der Waals surface area (Å²) in [5.41, 5.74) is 0. The van der Waals surface area contributed by atoms with E-state index >= 15 is 0 Å². The Hall–Kier alpha value is -2.89. The Bertz CT molecular complexity index is 991. The minimum absolute atomic E-state index is 0.0918. The van der Waals surface area contributed by atoms with E-state index in [9.17, 15) is 14.4 Å². The number of hydrogen-bond acceptors (Lipinski definition) is 6. The van der Waals surface area contributed by atoms with E-state index in [-0.39, 0.29) is 37.5 Å². The first-order valence-corrected chi connectivity index (χ1v) is 21.8. The average Bonchev–Trinajstić information content (AvgIpc) is 3.15. The summed E-state index contributed by atoms with van der Waals surface area (Å²) in [7, 11) is 0. The van der Waals surface area contributed by atoms with Crippen LogP contribution in [-0.4, -0.2) is 37.2 Å². The molecule has 0 spiro atoms. The Morgan fingerprint density at radius 3 is 1.19 bits per heavy atom. The van der Waals surface area contributed by atoms with Crippen molar-refractivity contribution in [2.24, 2.45) is 0 Å². The Kier molecular flexibility index (Phi) is 39.6. The first kappa shape index (κ1) is 50.1. The van der Waals surface area contributed by atoms with Gasteiger partial charge in [0.15, 0.2) is 6.10 Å².